The fourth-order valence-corrected chi connectivity index (χ4v) is 2.52. The molecule has 0 atom stereocenters. The second-order valence-corrected chi connectivity index (χ2v) is 6.12. The zero-order valence-corrected chi connectivity index (χ0v) is 14.9. The summed E-state index contributed by atoms with van der Waals surface area (Å²) in [6.45, 7) is 5.80. The molecule has 1 aromatic heterocycles. The summed E-state index contributed by atoms with van der Waals surface area (Å²) >= 11 is 0. The Labute approximate surface area is 151 Å². The van der Waals surface area contributed by atoms with E-state index in [-0.39, 0.29) is 5.75 Å². The van der Waals surface area contributed by atoms with E-state index in [1.54, 1.807) is 37.3 Å². The van der Waals surface area contributed by atoms with Gasteiger partial charge in [-0.3, -0.25) is 9.89 Å². The number of rotatable bonds is 4. The second-order valence-electron chi connectivity index (χ2n) is 6.12. The molecular formula is C20H20N4O2. The number of aromatic nitrogens is 2. The van der Waals surface area contributed by atoms with Crippen LogP contribution in [0.4, 0.5) is 0 Å². The summed E-state index contributed by atoms with van der Waals surface area (Å²) < 4.78 is 0. The van der Waals surface area contributed by atoms with Crippen LogP contribution in [0.3, 0.4) is 0 Å². The maximum Gasteiger partial charge on any atom is 0.289 e. The van der Waals surface area contributed by atoms with Crippen molar-refractivity contribution in [2.45, 2.75) is 20.8 Å². The van der Waals surface area contributed by atoms with Crippen molar-refractivity contribution in [3.63, 3.8) is 0 Å². The molecule has 6 heteroatoms. The molecule has 2 aromatic carbocycles. The van der Waals surface area contributed by atoms with E-state index in [1.165, 1.54) is 11.1 Å². The van der Waals surface area contributed by atoms with Crippen LogP contribution in [-0.2, 0) is 0 Å². The molecule has 0 aliphatic rings. The van der Waals surface area contributed by atoms with Crippen LogP contribution in [0.15, 0.2) is 53.6 Å². The highest BCUT2D eigenvalue weighted by molar-refractivity contribution is 6.02. The SMILES string of the molecule is C/C(=N\NC(=O)c1cc(-c2ccc(C)c(C)c2)n[nH]1)c1ccccc1O. The summed E-state index contributed by atoms with van der Waals surface area (Å²) in [5, 5.41) is 20.8. The van der Waals surface area contributed by atoms with Gasteiger partial charge >= 0.3 is 0 Å². The Morgan fingerprint density at radius 1 is 1.12 bits per heavy atom. The van der Waals surface area contributed by atoms with Gasteiger partial charge in [-0.1, -0.05) is 24.3 Å². The molecule has 0 saturated carbocycles. The van der Waals surface area contributed by atoms with Crippen LogP contribution in [0.25, 0.3) is 11.3 Å². The summed E-state index contributed by atoms with van der Waals surface area (Å²) in [5.74, 6) is -0.288. The zero-order valence-electron chi connectivity index (χ0n) is 14.9. The van der Waals surface area contributed by atoms with Gasteiger partial charge in [-0.25, -0.2) is 5.43 Å². The van der Waals surface area contributed by atoms with Crippen molar-refractivity contribution < 1.29 is 9.90 Å². The summed E-state index contributed by atoms with van der Waals surface area (Å²) in [6.07, 6.45) is 0. The normalized spacial score (nSPS) is 11.4. The van der Waals surface area contributed by atoms with E-state index in [9.17, 15) is 9.90 Å². The van der Waals surface area contributed by atoms with Crippen LogP contribution >= 0.6 is 0 Å². The van der Waals surface area contributed by atoms with E-state index in [1.807, 2.05) is 32.0 Å². The molecule has 0 aliphatic heterocycles. The van der Waals surface area contributed by atoms with E-state index in [0.717, 1.165) is 5.56 Å². The van der Waals surface area contributed by atoms with Crippen molar-refractivity contribution in [1.29, 1.82) is 0 Å². The number of hydrogen-bond donors (Lipinski definition) is 3. The van der Waals surface area contributed by atoms with Gasteiger partial charge in [0.15, 0.2) is 0 Å². The topological polar surface area (TPSA) is 90.4 Å². The van der Waals surface area contributed by atoms with Crippen molar-refractivity contribution in [3.05, 3.63) is 70.9 Å². The number of phenolic OH excluding ortho intramolecular Hbond substituents is 1. The lowest BCUT2D eigenvalue weighted by molar-refractivity contribution is 0.0950. The average molecular weight is 348 g/mol. The van der Waals surface area contributed by atoms with Crippen molar-refractivity contribution in [2.75, 3.05) is 0 Å². The Morgan fingerprint density at radius 3 is 2.62 bits per heavy atom. The number of aromatic amines is 1. The van der Waals surface area contributed by atoms with Gasteiger partial charge < -0.3 is 5.11 Å². The van der Waals surface area contributed by atoms with E-state index >= 15 is 0 Å². The first-order chi connectivity index (χ1) is 12.5. The number of amides is 1. The van der Waals surface area contributed by atoms with Crippen LogP contribution in [0.1, 0.15) is 34.1 Å². The van der Waals surface area contributed by atoms with E-state index in [4.69, 9.17) is 0 Å². The molecule has 3 rings (SSSR count). The predicted molar refractivity (Wildman–Crippen MR) is 101 cm³/mol. The lowest BCUT2D eigenvalue weighted by Gasteiger charge is -2.04. The van der Waals surface area contributed by atoms with Gasteiger partial charge in [-0.05, 0) is 56.2 Å². The van der Waals surface area contributed by atoms with Gasteiger partial charge in [-0.15, -0.1) is 0 Å². The lowest BCUT2D eigenvalue weighted by atomic mass is 10.0. The number of H-pyrrole nitrogens is 1. The second kappa shape index (κ2) is 7.23. The number of nitrogens with one attached hydrogen (secondary N) is 2. The summed E-state index contributed by atoms with van der Waals surface area (Å²) in [5.41, 5.74) is 7.86. The van der Waals surface area contributed by atoms with Crippen LogP contribution in [0, 0.1) is 13.8 Å². The first-order valence-electron chi connectivity index (χ1n) is 8.21. The van der Waals surface area contributed by atoms with Crippen LogP contribution in [-0.4, -0.2) is 26.9 Å². The maximum atomic E-state index is 12.3. The van der Waals surface area contributed by atoms with E-state index in [2.05, 4.69) is 20.7 Å². The van der Waals surface area contributed by atoms with E-state index < -0.39 is 5.91 Å². The van der Waals surface area contributed by atoms with Gasteiger partial charge in [0.2, 0.25) is 0 Å². The molecule has 3 aromatic rings. The molecule has 6 nitrogen and oxygen atoms in total. The number of aryl methyl sites for hydroxylation is 2. The van der Waals surface area contributed by atoms with Gasteiger partial charge in [0.1, 0.15) is 11.4 Å². The molecule has 26 heavy (non-hydrogen) atoms. The maximum absolute atomic E-state index is 12.3. The quantitative estimate of drug-likeness (QED) is 0.497. The Balaban J connectivity index is 1.75. The number of hydrogen-bond acceptors (Lipinski definition) is 4. The highest BCUT2D eigenvalue weighted by Crippen LogP contribution is 2.21. The number of benzene rings is 2. The molecule has 0 saturated heterocycles. The fraction of sp³-hybridized carbons (Fsp3) is 0.150. The summed E-state index contributed by atoms with van der Waals surface area (Å²) in [7, 11) is 0. The molecule has 132 valence electrons. The average Bonchev–Trinajstić information content (AvgIpc) is 3.12. The first kappa shape index (κ1) is 17.4. The molecule has 0 radical (unpaired) electrons. The van der Waals surface area contributed by atoms with Crippen molar-refractivity contribution in [3.8, 4) is 17.0 Å². The highest BCUT2D eigenvalue weighted by atomic mass is 16.3. The Kier molecular flexibility index (Phi) is 4.84. The molecular weight excluding hydrogens is 328 g/mol. The molecule has 0 bridgehead atoms. The van der Waals surface area contributed by atoms with Crippen molar-refractivity contribution in [1.82, 2.24) is 15.6 Å². The number of aromatic hydroxyl groups is 1. The largest absolute Gasteiger partial charge is 0.507 e. The van der Waals surface area contributed by atoms with Crippen LogP contribution in [0.2, 0.25) is 0 Å². The molecule has 1 amide bonds. The number of para-hydroxylation sites is 1. The van der Waals surface area contributed by atoms with E-state index in [0.29, 0.717) is 22.7 Å². The minimum Gasteiger partial charge on any atom is -0.507 e. The lowest BCUT2D eigenvalue weighted by Crippen LogP contribution is -2.19. The van der Waals surface area contributed by atoms with Crippen LogP contribution in [0.5, 0.6) is 5.75 Å². The minimum absolute atomic E-state index is 0.113. The molecule has 0 fully saturated rings. The number of carbonyl (C=O) groups is 1. The van der Waals surface area contributed by atoms with Crippen molar-refractivity contribution >= 4 is 11.6 Å². The van der Waals surface area contributed by atoms with Crippen molar-refractivity contribution in [2.24, 2.45) is 5.10 Å². The number of hydrazone groups is 1. The monoisotopic (exact) mass is 348 g/mol. The van der Waals surface area contributed by atoms with Gasteiger partial charge in [0, 0.05) is 11.1 Å². The number of carbonyl (C=O) groups excluding carboxylic acids is 1. The predicted octanol–water partition coefficient (Wildman–Crippen LogP) is 3.55. The number of phenols is 1. The van der Waals surface area contributed by atoms with Gasteiger partial charge in [0.05, 0.1) is 11.4 Å². The highest BCUT2D eigenvalue weighted by Gasteiger charge is 2.12. The Morgan fingerprint density at radius 2 is 1.88 bits per heavy atom. The number of nitrogens with zero attached hydrogens (tertiary/aromatic N) is 2. The summed E-state index contributed by atoms with van der Waals surface area (Å²) in [6, 6.07) is 14.5. The third-order valence-electron chi connectivity index (χ3n) is 4.24. The van der Waals surface area contributed by atoms with Crippen LogP contribution < -0.4 is 5.43 Å². The molecule has 3 N–H and O–H groups in total. The minimum atomic E-state index is -0.401. The summed E-state index contributed by atoms with van der Waals surface area (Å²) in [4.78, 5) is 12.3. The third kappa shape index (κ3) is 3.64. The Bertz CT molecular complexity index is 989. The molecule has 0 unspecified atom stereocenters. The smallest absolute Gasteiger partial charge is 0.289 e. The van der Waals surface area contributed by atoms with Gasteiger partial charge in [-0.2, -0.15) is 10.2 Å². The molecule has 0 spiro atoms. The van der Waals surface area contributed by atoms with Gasteiger partial charge in [0.25, 0.3) is 5.91 Å². The fourth-order valence-electron chi connectivity index (χ4n) is 2.52. The third-order valence-corrected chi connectivity index (χ3v) is 4.24. The molecule has 1 heterocycles. The standard InChI is InChI=1S/C20H20N4O2/c1-12-8-9-15(10-13(12)2)17-11-18(23-22-17)20(26)24-21-14(3)16-6-4-5-7-19(16)25/h4-11,25H,1-3H3,(H,22,23)(H,24,26)/b21-14+. The molecule has 0 aliphatic carbocycles. The Hall–Kier alpha value is -3.41. The first-order valence-corrected chi connectivity index (χ1v) is 8.21. The zero-order chi connectivity index (χ0) is 18.7.